The van der Waals surface area contributed by atoms with Crippen molar-refractivity contribution in [2.24, 2.45) is 5.73 Å². The molecule has 4 nitrogen and oxygen atoms in total. The first-order valence-corrected chi connectivity index (χ1v) is 4.36. The molecule has 12 heavy (non-hydrogen) atoms. The van der Waals surface area contributed by atoms with E-state index in [0.29, 0.717) is 13.0 Å². The Bertz CT molecular complexity index is 296. The van der Waals surface area contributed by atoms with Gasteiger partial charge in [0.1, 0.15) is 0 Å². The highest BCUT2D eigenvalue weighted by atomic mass is 32.1. The van der Waals surface area contributed by atoms with Crippen LogP contribution in [0.4, 0.5) is 0 Å². The Morgan fingerprint density at radius 3 is 2.83 bits per heavy atom. The van der Waals surface area contributed by atoms with E-state index < -0.39 is 5.97 Å². The molecule has 0 saturated carbocycles. The quantitative estimate of drug-likeness (QED) is 0.726. The molecule has 0 aliphatic rings. The molecule has 0 aliphatic carbocycles. The number of aromatic carboxylic acids is 1. The van der Waals surface area contributed by atoms with Crippen LogP contribution in [0.2, 0.25) is 0 Å². The van der Waals surface area contributed by atoms with Crippen molar-refractivity contribution in [2.75, 3.05) is 6.54 Å². The minimum atomic E-state index is -0.966. The molecule has 0 fully saturated rings. The van der Waals surface area contributed by atoms with Crippen LogP contribution >= 0.6 is 11.3 Å². The molecular formula is C7H10N2O2S. The zero-order valence-electron chi connectivity index (χ0n) is 6.70. The molecule has 1 heterocycles. The summed E-state index contributed by atoms with van der Waals surface area (Å²) >= 11 is 1.20. The van der Waals surface area contributed by atoms with Crippen LogP contribution < -0.4 is 5.73 Å². The van der Waals surface area contributed by atoms with Gasteiger partial charge in [0, 0.05) is 4.88 Å². The number of carboxylic acids is 1. The lowest BCUT2D eigenvalue weighted by molar-refractivity contribution is 0.0696. The van der Waals surface area contributed by atoms with Gasteiger partial charge in [-0.1, -0.05) is 0 Å². The Kier molecular flexibility index (Phi) is 2.78. The predicted octanol–water partition coefficient (Wildman–Crippen LogP) is 0.651. The summed E-state index contributed by atoms with van der Waals surface area (Å²) in [6, 6.07) is 0. The molecule has 0 unspecified atom stereocenters. The molecule has 3 N–H and O–H groups in total. The van der Waals surface area contributed by atoms with Gasteiger partial charge in [0.2, 0.25) is 5.01 Å². The van der Waals surface area contributed by atoms with Gasteiger partial charge < -0.3 is 10.8 Å². The van der Waals surface area contributed by atoms with E-state index in [0.717, 1.165) is 10.6 Å². The van der Waals surface area contributed by atoms with Gasteiger partial charge in [0.05, 0.1) is 5.69 Å². The van der Waals surface area contributed by atoms with E-state index >= 15 is 0 Å². The lowest BCUT2D eigenvalue weighted by Gasteiger charge is -1.90. The van der Waals surface area contributed by atoms with Crippen molar-refractivity contribution >= 4 is 17.3 Å². The zero-order valence-corrected chi connectivity index (χ0v) is 7.52. The summed E-state index contributed by atoms with van der Waals surface area (Å²) in [4.78, 5) is 15.3. The highest BCUT2D eigenvalue weighted by Gasteiger charge is 2.11. The molecule has 0 spiro atoms. The topological polar surface area (TPSA) is 76.2 Å². The van der Waals surface area contributed by atoms with Gasteiger partial charge >= 0.3 is 5.97 Å². The Morgan fingerprint density at radius 1 is 1.75 bits per heavy atom. The molecule has 0 aliphatic heterocycles. The molecule has 0 atom stereocenters. The molecule has 0 bridgehead atoms. The van der Waals surface area contributed by atoms with Crippen LogP contribution in [0.1, 0.15) is 20.4 Å². The molecule has 0 amide bonds. The molecule has 1 rings (SSSR count). The van der Waals surface area contributed by atoms with Gasteiger partial charge in [0.25, 0.3) is 0 Å². The Labute approximate surface area is 74.0 Å². The summed E-state index contributed by atoms with van der Waals surface area (Å²) in [7, 11) is 0. The van der Waals surface area contributed by atoms with Crippen molar-refractivity contribution in [3.8, 4) is 0 Å². The Morgan fingerprint density at radius 2 is 2.42 bits per heavy atom. The van der Waals surface area contributed by atoms with E-state index in [1.165, 1.54) is 11.3 Å². The monoisotopic (exact) mass is 186 g/mol. The first-order valence-electron chi connectivity index (χ1n) is 3.54. The summed E-state index contributed by atoms with van der Waals surface area (Å²) < 4.78 is 0. The summed E-state index contributed by atoms with van der Waals surface area (Å²) in [6.07, 6.45) is 0.705. The number of hydrogen-bond donors (Lipinski definition) is 2. The predicted molar refractivity (Wildman–Crippen MR) is 46.6 cm³/mol. The third-order valence-corrected chi connectivity index (χ3v) is 2.65. The van der Waals surface area contributed by atoms with Crippen LogP contribution in [0.25, 0.3) is 0 Å². The summed E-state index contributed by atoms with van der Waals surface area (Å²) in [5, 5.41) is 8.76. The van der Waals surface area contributed by atoms with Gasteiger partial charge in [-0.15, -0.1) is 11.3 Å². The number of thiazole rings is 1. The smallest absolute Gasteiger partial charge is 0.365 e. The second kappa shape index (κ2) is 3.64. The first kappa shape index (κ1) is 9.15. The largest absolute Gasteiger partial charge is 0.476 e. The SMILES string of the molecule is Cc1nc(C(=O)O)sc1CCN. The number of aromatic nitrogens is 1. The lowest BCUT2D eigenvalue weighted by atomic mass is 10.3. The maximum Gasteiger partial charge on any atom is 0.365 e. The molecule has 0 saturated heterocycles. The standard InChI is InChI=1S/C7H10N2O2S/c1-4-5(2-3-8)12-6(9-4)7(10)11/h2-3,8H2,1H3,(H,10,11). The van der Waals surface area contributed by atoms with E-state index in [1.54, 1.807) is 6.92 Å². The van der Waals surface area contributed by atoms with Crippen LogP contribution in [0.15, 0.2) is 0 Å². The maximum atomic E-state index is 10.5. The lowest BCUT2D eigenvalue weighted by Crippen LogP contribution is -2.01. The average molecular weight is 186 g/mol. The average Bonchev–Trinajstić information content (AvgIpc) is 2.34. The highest BCUT2D eigenvalue weighted by Crippen LogP contribution is 2.17. The first-order chi connectivity index (χ1) is 5.65. The van der Waals surface area contributed by atoms with Crippen molar-refractivity contribution in [3.05, 3.63) is 15.6 Å². The number of hydrogen-bond acceptors (Lipinski definition) is 4. The molecule has 0 radical (unpaired) electrons. The fourth-order valence-corrected chi connectivity index (χ4v) is 1.80. The third kappa shape index (κ3) is 1.80. The zero-order chi connectivity index (χ0) is 9.14. The van der Waals surface area contributed by atoms with E-state index in [-0.39, 0.29) is 5.01 Å². The van der Waals surface area contributed by atoms with Crippen molar-refractivity contribution in [2.45, 2.75) is 13.3 Å². The Balaban J connectivity index is 2.92. The molecule has 0 aromatic carbocycles. The third-order valence-electron chi connectivity index (χ3n) is 1.45. The Hall–Kier alpha value is -0.940. The normalized spacial score (nSPS) is 10.2. The van der Waals surface area contributed by atoms with Gasteiger partial charge in [-0.3, -0.25) is 0 Å². The van der Waals surface area contributed by atoms with Crippen molar-refractivity contribution in [3.63, 3.8) is 0 Å². The minimum absolute atomic E-state index is 0.149. The van der Waals surface area contributed by atoms with Crippen LogP contribution in [-0.2, 0) is 6.42 Å². The van der Waals surface area contributed by atoms with Gasteiger partial charge in [-0.25, -0.2) is 9.78 Å². The van der Waals surface area contributed by atoms with Crippen LogP contribution in [0, 0.1) is 6.92 Å². The summed E-state index contributed by atoms with van der Waals surface area (Å²) in [5.41, 5.74) is 6.13. The maximum absolute atomic E-state index is 10.5. The highest BCUT2D eigenvalue weighted by molar-refractivity contribution is 7.13. The summed E-state index contributed by atoms with van der Waals surface area (Å²) in [5.74, 6) is -0.966. The molecule has 5 heteroatoms. The van der Waals surface area contributed by atoms with E-state index in [2.05, 4.69) is 4.98 Å². The van der Waals surface area contributed by atoms with E-state index in [4.69, 9.17) is 10.8 Å². The molecule has 1 aromatic rings. The molecule has 1 aromatic heterocycles. The van der Waals surface area contributed by atoms with Crippen LogP contribution in [0.5, 0.6) is 0 Å². The number of nitrogens with zero attached hydrogens (tertiary/aromatic N) is 1. The number of nitrogens with two attached hydrogens (primary N) is 1. The van der Waals surface area contributed by atoms with E-state index in [9.17, 15) is 4.79 Å². The van der Waals surface area contributed by atoms with Crippen molar-refractivity contribution in [1.29, 1.82) is 0 Å². The molecule has 66 valence electrons. The van der Waals surface area contributed by atoms with E-state index in [1.807, 2.05) is 0 Å². The number of aryl methyl sites for hydroxylation is 1. The van der Waals surface area contributed by atoms with Crippen molar-refractivity contribution in [1.82, 2.24) is 4.98 Å². The fraction of sp³-hybridized carbons (Fsp3) is 0.429. The minimum Gasteiger partial charge on any atom is -0.476 e. The van der Waals surface area contributed by atoms with Crippen LogP contribution in [0.3, 0.4) is 0 Å². The molecular weight excluding hydrogens is 176 g/mol. The van der Waals surface area contributed by atoms with Gasteiger partial charge in [-0.2, -0.15) is 0 Å². The number of carboxylic acid groups (broad SMARTS) is 1. The number of rotatable bonds is 3. The summed E-state index contributed by atoms with van der Waals surface area (Å²) in [6.45, 7) is 2.33. The fourth-order valence-electron chi connectivity index (χ4n) is 0.883. The van der Waals surface area contributed by atoms with Gasteiger partial charge in [-0.05, 0) is 19.9 Å². The number of carbonyl (C=O) groups is 1. The second-order valence-electron chi connectivity index (χ2n) is 2.37. The van der Waals surface area contributed by atoms with Gasteiger partial charge in [0.15, 0.2) is 0 Å². The van der Waals surface area contributed by atoms with Crippen LogP contribution in [-0.4, -0.2) is 22.6 Å². The van der Waals surface area contributed by atoms with Crippen molar-refractivity contribution < 1.29 is 9.90 Å². The second-order valence-corrected chi connectivity index (χ2v) is 3.46.